The van der Waals surface area contributed by atoms with Crippen LogP contribution in [0.1, 0.15) is 5.56 Å². The fraction of sp³-hybridized carbons (Fsp3) is 0.0250. The molecule has 0 aliphatic carbocycles. The molecule has 0 saturated carbocycles. The van der Waals surface area contributed by atoms with Gasteiger partial charge in [-0.15, -0.1) is 0 Å². The third kappa shape index (κ3) is 4.13. The molecule has 0 amide bonds. The van der Waals surface area contributed by atoms with Crippen LogP contribution in [0.15, 0.2) is 144 Å². The molecular weight excluding hydrogens is 552 g/mol. The Hall–Kier alpha value is -6.07. The van der Waals surface area contributed by atoms with Crippen molar-refractivity contribution < 1.29 is 4.42 Å². The van der Waals surface area contributed by atoms with E-state index in [0.29, 0.717) is 17.6 Å². The molecule has 6 aromatic carbocycles. The summed E-state index contributed by atoms with van der Waals surface area (Å²) in [6.07, 6.45) is 0. The molecule has 45 heavy (non-hydrogen) atoms. The summed E-state index contributed by atoms with van der Waals surface area (Å²) in [5, 5.41) is 4.44. The van der Waals surface area contributed by atoms with E-state index in [4.69, 9.17) is 19.4 Å². The van der Waals surface area contributed by atoms with Gasteiger partial charge in [-0.3, -0.25) is 4.57 Å². The van der Waals surface area contributed by atoms with Gasteiger partial charge in [0.25, 0.3) is 0 Å². The molecule has 9 rings (SSSR count). The van der Waals surface area contributed by atoms with E-state index in [0.717, 1.165) is 66.0 Å². The molecule has 0 atom stereocenters. The van der Waals surface area contributed by atoms with Gasteiger partial charge in [0.1, 0.15) is 11.2 Å². The van der Waals surface area contributed by atoms with Gasteiger partial charge in [-0.25, -0.2) is 4.98 Å². The van der Waals surface area contributed by atoms with Crippen molar-refractivity contribution in [1.29, 1.82) is 0 Å². The van der Waals surface area contributed by atoms with Gasteiger partial charge < -0.3 is 4.42 Å². The monoisotopic (exact) mass is 578 g/mol. The summed E-state index contributed by atoms with van der Waals surface area (Å²) >= 11 is 0. The molecule has 0 saturated heterocycles. The summed E-state index contributed by atoms with van der Waals surface area (Å²) < 4.78 is 8.38. The molecule has 212 valence electrons. The molecule has 5 nitrogen and oxygen atoms in total. The van der Waals surface area contributed by atoms with E-state index >= 15 is 0 Å². The first-order valence-corrected chi connectivity index (χ1v) is 15.0. The van der Waals surface area contributed by atoms with Crippen LogP contribution in [0.4, 0.5) is 0 Å². The number of furan rings is 1. The summed E-state index contributed by atoms with van der Waals surface area (Å²) in [6, 6.07) is 48.1. The van der Waals surface area contributed by atoms with Crippen LogP contribution in [0.2, 0.25) is 0 Å². The van der Waals surface area contributed by atoms with Crippen molar-refractivity contribution in [3.63, 3.8) is 0 Å². The first kappa shape index (κ1) is 25.4. The first-order valence-electron chi connectivity index (χ1n) is 15.0. The van der Waals surface area contributed by atoms with E-state index in [9.17, 15) is 0 Å². The molecule has 0 aliphatic heterocycles. The Morgan fingerprint density at radius 2 is 1.04 bits per heavy atom. The van der Waals surface area contributed by atoms with Gasteiger partial charge in [0.05, 0.1) is 11.0 Å². The first-order chi connectivity index (χ1) is 22.2. The second kappa shape index (κ2) is 10.00. The van der Waals surface area contributed by atoms with Gasteiger partial charge in [0, 0.05) is 32.7 Å². The van der Waals surface area contributed by atoms with Gasteiger partial charge in [-0.2, -0.15) is 9.97 Å². The predicted molar refractivity (Wildman–Crippen MR) is 182 cm³/mol. The van der Waals surface area contributed by atoms with E-state index in [1.54, 1.807) is 0 Å². The number of fused-ring (bicyclic) bond motifs is 6. The fourth-order valence-electron chi connectivity index (χ4n) is 6.38. The summed E-state index contributed by atoms with van der Waals surface area (Å²) in [5.74, 6) is 1.80. The Morgan fingerprint density at radius 1 is 0.467 bits per heavy atom. The lowest BCUT2D eigenvalue weighted by molar-refractivity contribution is 0.666. The molecule has 3 heterocycles. The molecule has 9 aromatic rings. The highest BCUT2D eigenvalue weighted by molar-refractivity contribution is 6.09. The smallest absolute Gasteiger partial charge is 0.238 e. The zero-order chi connectivity index (χ0) is 29.9. The summed E-state index contributed by atoms with van der Waals surface area (Å²) in [4.78, 5) is 15.3. The van der Waals surface area contributed by atoms with Crippen LogP contribution in [-0.4, -0.2) is 19.5 Å². The largest absolute Gasteiger partial charge is 0.456 e. The number of hydrogen-bond acceptors (Lipinski definition) is 4. The maximum Gasteiger partial charge on any atom is 0.238 e. The molecule has 0 spiro atoms. The lowest BCUT2D eigenvalue weighted by Gasteiger charge is -2.11. The maximum absolute atomic E-state index is 6.24. The Labute approximate surface area is 259 Å². The molecule has 0 bridgehead atoms. The minimum Gasteiger partial charge on any atom is -0.456 e. The molecular formula is C40H26N4O. The highest BCUT2D eigenvalue weighted by Crippen LogP contribution is 2.35. The second-order valence-corrected chi connectivity index (χ2v) is 11.4. The number of benzene rings is 6. The molecule has 0 aliphatic rings. The van der Waals surface area contributed by atoms with Crippen LogP contribution in [0.25, 0.3) is 83.6 Å². The summed E-state index contributed by atoms with van der Waals surface area (Å²) in [5.41, 5.74) is 9.10. The predicted octanol–water partition coefficient (Wildman–Crippen LogP) is 10.2. The Kier molecular flexibility index (Phi) is 5.65. The highest BCUT2D eigenvalue weighted by Gasteiger charge is 2.18. The van der Waals surface area contributed by atoms with Gasteiger partial charge in [0.15, 0.2) is 11.6 Å². The lowest BCUT2D eigenvalue weighted by atomic mass is 10.0. The topological polar surface area (TPSA) is 56.7 Å². The average molecular weight is 579 g/mol. The molecule has 0 fully saturated rings. The Morgan fingerprint density at radius 3 is 1.78 bits per heavy atom. The minimum absolute atomic E-state index is 0.576. The summed E-state index contributed by atoms with van der Waals surface area (Å²) in [6.45, 7) is 2.07. The average Bonchev–Trinajstić information content (AvgIpc) is 3.65. The maximum atomic E-state index is 6.24. The van der Waals surface area contributed by atoms with Crippen LogP contribution in [-0.2, 0) is 0 Å². The van der Waals surface area contributed by atoms with E-state index < -0.39 is 0 Å². The molecule has 3 aromatic heterocycles. The van der Waals surface area contributed by atoms with Crippen LogP contribution in [0.3, 0.4) is 0 Å². The zero-order valence-corrected chi connectivity index (χ0v) is 24.5. The third-order valence-electron chi connectivity index (χ3n) is 8.61. The summed E-state index contributed by atoms with van der Waals surface area (Å²) in [7, 11) is 0. The third-order valence-corrected chi connectivity index (χ3v) is 8.61. The van der Waals surface area contributed by atoms with Crippen molar-refractivity contribution in [2.75, 3.05) is 0 Å². The SMILES string of the molecule is Cc1cccc2c1oc1ccc(-c3nc(-c4ccc(-c5ccccc5)cc4)nc(-n4c5ccccc5c5ccccc54)n3)cc12. The van der Waals surface area contributed by atoms with Crippen LogP contribution in [0, 0.1) is 6.92 Å². The highest BCUT2D eigenvalue weighted by atomic mass is 16.3. The van der Waals surface area contributed by atoms with Crippen LogP contribution in [0.5, 0.6) is 0 Å². The number of para-hydroxylation sites is 3. The van der Waals surface area contributed by atoms with Crippen molar-refractivity contribution in [3.8, 4) is 39.9 Å². The van der Waals surface area contributed by atoms with Crippen molar-refractivity contribution >= 4 is 43.7 Å². The van der Waals surface area contributed by atoms with E-state index in [2.05, 4.69) is 133 Å². The lowest BCUT2D eigenvalue weighted by Crippen LogP contribution is -2.06. The van der Waals surface area contributed by atoms with E-state index in [1.807, 2.05) is 18.2 Å². The van der Waals surface area contributed by atoms with Gasteiger partial charge in [-0.1, -0.05) is 109 Å². The van der Waals surface area contributed by atoms with Crippen LogP contribution >= 0.6 is 0 Å². The number of hydrogen-bond donors (Lipinski definition) is 0. The van der Waals surface area contributed by atoms with E-state index in [-0.39, 0.29) is 0 Å². The van der Waals surface area contributed by atoms with Crippen LogP contribution < -0.4 is 0 Å². The Balaban J connectivity index is 1.28. The quantitative estimate of drug-likeness (QED) is 0.208. The number of nitrogens with zero attached hydrogens (tertiary/aromatic N) is 4. The standard InChI is InChI=1S/C40H26N4O/c1-25-10-9-15-32-33-24-29(22-23-36(33)45-37(25)32)39-41-38(28-20-18-27(19-21-28)26-11-3-2-4-12-26)42-40(43-39)44-34-16-7-5-13-30(34)31-14-6-8-17-35(31)44/h2-24H,1H3. The van der Waals surface area contributed by atoms with Crippen molar-refractivity contribution in [1.82, 2.24) is 19.5 Å². The number of aromatic nitrogens is 4. The number of aryl methyl sites for hydroxylation is 1. The van der Waals surface area contributed by atoms with Gasteiger partial charge >= 0.3 is 0 Å². The van der Waals surface area contributed by atoms with Gasteiger partial charge in [-0.05, 0) is 53.9 Å². The second-order valence-electron chi connectivity index (χ2n) is 11.4. The fourth-order valence-corrected chi connectivity index (χ4v) is 6.38. The number of rotatable bonds is 4. The van der Waals surface area contributed by atoms with E-state index in [1.165, 1.54) is 5.56 Å². The molecule has 0 N–H and O–H groups in total. The Bertz CT molecular complexity index is 2490. The van der Waals surface area contributed by atoms with Gasteiger partial charge in [0.2, 0.25) is 5.95 Å². The normalized spacial score (nSPS) is 11.7. The molecule has 0 unspecified atom stereocenters. The van der Waals surface area contributed by atoms with Crippen molar-refractivity contribution in [2.45, 2.75) is 6.92 Å². The minimum atomic E-state index is 0.576. The molecule has 5 heteroatoms. The zero-order valence-electron chi connectivity index (χ0n) is 24.5. The van der Waals surface area contributed by atoms with Crippen molar-refractivity contribution in [2.24, 2.45) is 0 Å². The van der Waals surface area contributed by atoms with Crippen molar-refractivity contribution in [3.05, 3.63) is 145 Å². The molecule has 0 radical (unpaired) electrons.